The van der Waals surface area contributed by atoms with Gasteiger partial charge in [-0.25, -0.2) is 14.8 Å². The van der Waals surface area contributed by atoms with Gasteiger partial charge in [-0.05, 0) is 91.1 Å². The topological polar surface area (TPSA) is 171 Å². The molecule has 18 heteroatoms. The number of alkyl halides is 4. The van der Waals surface area contributed by atoms with Crippen LogP contribution in [0.25, 0.3) is 0 Å². The number of nitrogens with zero attached hydrogens (tertiary/aromatic N) is 4. The summed E-state index contributed by atoms with van der Waals surface area (Å²) in [5.74, 6) is -5.21. The molecule has 2 aromatic heterocycles. The van der Waals surface area contributed by atoms with Crippen molar-refractivity contribution in [2.45, 2.75) is 103 Å². The van der Waals surface area contributed by atoms with Gasteiger partial charge in [-0.3, -0.25) is 29.0 Å². The quantitative estimate of drug-likeness (QED) is 0.0646. The van der Waals surface area contributed by atoms with Crippen molar-refractivity contribution in [2.24, 2.45) is 11.8 Å². The molecule has 0 spiro atoms. The maximum Gasteiger partial charge on any atom is 0.410 e. The number of nitrogen functional groups attached to an aromatic ring is 1. The van der Waals surface area contributed by atoms with Gasteiger partial charge in [-0.1, -0.05) is 67.9 Å². The molecule has 5 heterocycles. The molecule has 3 aliphatic rings. The molecule has 0 bridgehead atoms. The van der Waals surface area contributed by atoms with E-state index in [2.05, 4.69) is 9.97 Å². The predicted octanol–water partition coefficient (Wildman–Crippen LogP) is 7.51. The second kappa shape index (κ2) is 18.7. The van der Waals surface area contributed by atoms with E-state index in [1.165, 1.54) is 24.5 Å². The number of amides is 4. The number of carbonyl (C=O) groups excluding carboxylic acids is 5. The Morgan fingerprint density at radius 3 is 2.05 bits per heavy atom. The lowest BCUT2D eigenvalue weighted by molar-refractivity contribution is -0.229. The Hall–Kier alpha value is -6.10. The largest absolute Gasteiger partial charge is 0.461 e. The number of anilines is 1. The first kappa shape index (κ1) is 46.4. The Bertz CT molecular complexity index is 2350. The van der Waals surface area contributed by atoms with Crippen molar-refractivity contribution in [3.63, 3.8) is 0 Å². The van der Waals surface area contributed by atoms with Crippen molar-refractivity contribution < 1.29 is 55.7 Å². The average molecular weight is 896 g/mol. The standard InChI is InChI=1S/C25H26ClFN2O6.C20H20F3N3O2/c1-13(2)33-24(32)22-17(10-15-5-8-20(26)28-12-15)23(31)29(22)21(30)9-14(3)16-6-7-18-19(11-16)35-25(4,27)34-18;1-12(14-5-3-2-4-6-14)9-17(27)26-18(20(21,22)23)15(19(26)28)10-13-7-8-25-16(24)11-13/h5-8,11-14,17,22H,9-10H2,1-4H3;2-8,11-12,15,18H,9-10H2,1H3,(H2,24,25)/t14-,17+,22-,25?;12-,15+,18-/m00/s1. The fraction of sp³-hybridized carbons (Fsp3) is 0.400. The fourth-order valence-corrected chi connectivity index (χ4v) is 7.91. The van der Waals surface area contributed by atoms with E-state index in [1.54, 1.807) is 82.3 Å². The maximum absolute atomic E-state index is 14.0. The van der Waals surface area contributed by atoms with Gasteiger partial charge in [-0.15, -0.1) is 0 Å². The number of aromatic nitrogens is 2. The summed E-state index contributed by atoms with van der Waals surface area (Å²) >= 11 is 5.83. The van der Waals surface area contributed by atoms with Crippen LogP contribution in [0, 0.1) is 11.8 Å². The van der Waals surface area contributed by atoms with Crippen LogP contribution >= 0.6 is 11.6 Å². The van der Waals surface area contributed by atoms with E-state index in [-0.39, 0.29) is 54.8 Å². The highest BCUT2D eigenvalue weighted by molar-refractivity contribution is 6.29. The molecular formula is C45H46ClF4N5O8. The molecular weight excluding hydrogens is 850 g/mol. The van der Waals surface area contributed by atoms with Gasteiger partial charge < -0.3 is 19.9 Å². The van der Waals surface area contributed by atoms with E-state index < -0.39 is 71.8 Å². The number of esters is 1. The lowest BCUT2D eigenvalue weighted by atomic mass is 9.81. The van der Waals surface area contributed by atoms with Crippen molar-refractivity contribution in [2.75, 3.05) is 5.73 Å². The van der Waals surface area contributed by atoms with E-state index in [1.807, 2.05) is 6.07 Å². The molecule has 0 aliphatic carbocycles. The minimum Gasteiger partial charge on any atom is -0.461 e. The molecule has 1 unspecified atom stereocenters. The Morgan fingerprint density at radius 1 is 0.810 bits per heavy atom. The van der Waals surface area contributed by atoms with E-state index in [4.69, 9.17) is 31.5 Å². The summed E-state index contributed by atoms with van der Waals surface area (Å²) in [4.78, 5) is 73.1. The third-order valence-corrected chi connectivity index (χ3v) is 11.1. The van der Waals surface area contributed by atoms with Crippen LogP contribution in [-0.4, -0.2) is 79.8 Å². The highest BCUT2D eigenvalue weighted by atomic mass is 35.5. The normalized spacial score (nSPS) is 22.3. The van der Waals surface area contributed by atoms with Crippen molar-refractivity contribution in [1.29, 1.82) is 0 Å². The summed E-state index contributed by atoms with van der Waals surface area (Å²) in [5, 5.41) is 0.315. The van der Waals surface area contributed by atoms with Crippen molar-refractivity contribution in [3.05, 3.63) is 113 Å². The molecule has 13 nitrogen and oxygen atoms in total. The zero-order valence-corrected chi connectivity index (χ0v) is 35.7. The molecule has 63 heavy (non-hydrogen) atoms. The number of hydrogen-bond acceptors (Lipinski definition) is 11. The summed E-state index contributed by atoms with van der Waals surface area (Å²) in [6.07, 6.45) is -2.31. The Labute approximate surface area is 365 Å². The van der Waals surface area contributed by atoms with E-state index in [9.17, 15) is 41.5 Å². The number of carbonyl (C=O) groups is 5. The number of ether oxygens (including phenoxy) is 3. The van der Waals surface area contributed by atoms with E-state index in [0.29, 0.717) is 21.2 Å². The predicted molar refractivity (Wildman–Crippen MR) is 221 cm³/mol. The molecule has 0 saturated carbocycles. The smallest absolute Gasteiger partial charge is 0.410 e. The number of pyridine rings is 2. The third-order valence-electron chi connectivity index (χ3n) is 10.9. The Morgan fingerprint density at radius 2 is 1.43 bits per heavy atom. The minimum absolute atomic E-state index is 0.0427. The lowest BCUT2D eigenvalue weighted by Crippen LogP contribution is -2.69. The summed E-state index contributed by atoms with van der Waals surface area (Å²) in [7, 11) is 0. The van der Waals surface area contributed by atoms with Crippen LogP contribution in [0.15, 0.2) is 85.2 Å². The number of β-lactam (4-membered cyclic amide) rings is 2. The van der Waals surface area contributed by atoms with Gasteiger partial charge in [0.1, 0.15) is 23.1 Å². The molecule has 0 radical (unpaired) electrons. The molecule has 4 aromatic rings. The van der Waals surface area contributed by atoms with Gasteiger partial charge >= 0.3 is 18.2 Å². The van der Waals surface area contributed by atoms with Crippen LogP contribution in [-0.2, 0) is 41.6 Å². The second-order valence-electron chi connectivity index (χ2n) is 16.2. The maximum atomic E-state index is 14.0. The van der Waals surface area contributed by atoms with Gasteiger partial charge in [0.2, 0.25) is 23.6 Å². The lowest BCUT2D eigenvalue weighted by Gasteiger charge is -2.46. The molecule has 334 valence electrons. The van der Waals surface area contributed by atoms with Crippen molar-refractivity contribution >= 4 is 47.0 Å². The first-order chi connectivity index (χ1) is 29.6. The monoisotopic (exact) mass is 895 g/mol. The van der Waals surface area contributed by atoms with Crippen LogP contribution < -0.4 is 15.2 Å². The minimum atomic E-state index is -4.69. The summed E-state index contributed by atoms with van der Waals surface area (Å²) < 4.78 is 70.3. The summed E-state index contributed by atoms with van der Waals surface area (Å²) in [5.41, 5.74) is 8.28. The van der Waals surface area contributed by atoms with Gasteiger partial charge in [0.15, 0.2) is 11.5 Å². The number of hydrogen-bond donors (Lipinski definition) is 1. The Kier molecular flexibility index (Phi) is 13.8. The fourth-order valence-electron chi connectivity index (χ4n) is 7.80. The molecule has 3 aliphatic heterocycles. The van der Waals surface area contributed by atoms with E-state index in [0.717, 1.165) is 23.0 Å². The molecule has 2 fully saturated rings. The summed E-state index contributed by atoms with van der Waals surface area (Å²) in [6, 6.07) is 14.8. The van der Waals surface area contributed by atoms with Crippen LogP contribution in [0.4, 0.5) is 23.4 Å². The highest BCUT2D eigenvalue weighted by Gasteiger charge is 2.62. The SMILES string of the molecule is CC(C)OC(=O)[C@@H]1[C@@H](Cc2ccc(Cl)nc2)C(=O)N1C(=O)C[C@H](C)c1ccc2c(c1)OC(C)(F)O2.C[C@@H](CC(=O)N1C(=O)[C@H](Cc2ccnc(N)c2)[C@H]1C(F)(F)F)c1ccccc1. The number of halogens is 5. The van der Waals surface area contributed by atoms with Gasteiger partial charge in [-0.2, -0.15) is 17.6 Å². The average Bonchev–Trinajstić information content (AvgIpc) is 3.53. The van der Waals surface area contributed by atoms with Gasteiger partial charge in [0.05, 0.1) is 17.9 Å². The number of nitrogens with two attached hydrogens (primary N) is 1. The third kappa shape index (κ3) is 10.8. The zero-order valence-electron chi connectivity index (χ0n) is 35.0. The zero-order chi connectivity index (χ0) is 46.0. The van der Waals surface area contributed by atoms with Gasteiger partial charge in [0, 0.05) is 32.2 Å². The van der Waals surface area contributed by atoms with Crippen molar-refractivity contribution in [1.82, 2.24) is 19.8 Å². The summed E-state index contributed by atoms with van der Waals surface area (Å²) in [6.45, 7) is 8.10. The molecule has 4 amide bonds. The molecule has 2 aromatic carbocycles. The Balaban J connectivity index is 0.000000215. The van der Waals surface area contributed by atoms with Crippen LogP contribution in [0.5, 0.6) is 11.5 Å². The number of imide groups is 2. The van der Waals surface area contributed by atoms with Crippen LogP contribution in [0.2, 0.25) is 5.15 Å². The number of benzene rings is 2. The highest BCUT2D eigenvalue weighted by Crippen LogP contribution is 2.43. The molecule has 7 atom stereocenters. The molecule has 2 N–H and O–H groups in total. The molecule has 7 rings (SSSR count). The first-order valence-corrected chi connectivity index (χ1v) is 20.6. The second-order valence-corrected chi connectivity index (χ2v) is 16.6. The van der Waals surface area contributed by atoms with E-state index >= 15 is 0 Å². The number of rotatable bonds is 12. The number of fused-ring (bicyclic) bond motifs is 1. The van der Waals surface area contributed by atoms with Crippen LogP contribution in [0.3, 0.4) is 0 Å². The van der Waals surface area contributed by atoms with Crippen LogP contribution in [0.1, 0.15) is 81.5 Å². The van der Waals surface area contributed by atoms with Gasteiger partial charge in [0.25, 0.3) is 0 Å². The van der Waals surface area contributed by atoms with Crippen molar-refractivity contribution in [3.8, 4) is 11.5 Å². The first-order valence-electron chi connectivity index (χ1n) is 20.2. The number of likely N-dealkylation sites (tertiary alicyclic amines) is 2. The molecule has 2 saturated heterocycles.